The van der Waals surface area contributed by atoms with Crippen LogP contribution in [0, 0.1) is 0 Å². The van der Waals surface area contributed by atoms with Gasteiger partial charge in [0.05, 0.1) is 22.5 Å². The summed E-state index contributed by atoms with van der Waals surface area (Å²) in [7, 11) is -3.00. The van der Waals surface area contributed by atoms with Crippen molar-refractivity contribution in [1.82, 2.24) is 14.5 Å². The summed E-state index contributed by atoms with van der Waals surface area (Å²) in [6.07, 6.45) is 3.28. The van der Waals surface area contributed by atoms with Crippen molar-refractivity contribution < 1.29 is 13.2 Å². The van der Waals surface area contributed by atoms with Crippen LogP contribution in [0.15, 0.2) is 24.3 Å². The van der Waals surface area contributed by atoms with Gasteiger partial charge in [-0.3, -0.25) is 4.79 Å². The molecule has 1 saturated carbocycles. The molecule has 0 radical (unpaired) electrons. The van der Waals surface area contributed by atoms with Gasteiger partial charge in [0, 0.05) is 18.5 Å². The van der Waals surface area contributed by atoms with Crippen molar-refractivity contribution in [2.45, 2.75) is 51.2 Å². The van der Waals surface area contributed by atoms with Gasteiger partial charge in [-0.25, -0.2) is 13.4 Å². The molecule has 7 heteroatoms. The van der Waals surface area contributed by atoms with Crippen molar-refractivity contribution in [2.75, 3.05) is 11.5 Å². The van der Waals surface area contributed by atoms with Crippen LogP contribution in [-0.4, -0.2) is 52.4 Å². The van der Waals surface area contributed by atoms with Crippen molar-refractivity contribution in [3.05, 3.63) is 30.1 Å². The van der Waals surface area contributed by atoms with Gasteiger partial charge < -0.3 is 9.47 Å². The molecule has 0 spiro atoms. The number of nitrogens with zero attached hydrogens (tertiary/aromatic N) is 3. The van der Waals surface area contributed by atoms with E-state index in [0.717, 1.165) is 36.1 Å². The third-order valence-corrected chi connectivity index (χ3v) is 6.92. The first kappa shape index (κ1) is 16.6. The Bertz CT molecular complexity index is 915. The minimum atomic E-state index is -3.00. The molecule has 2 aromatic rings. The first-order chi connectivity index (χ1) is 12.0. The van der Waals surface area contributed by atoms with Crippen LogP contribution in [0.5, 0.6) is 0 Å². The number of imidazole rings is 1. The molecular weight excluding hydrogens is 338 g/mol. The quantitative estimate of drug-likeness (QED) is 0.814. The highest BCUT2D eigenvalue weighted by atomic mass is 32.2. The van der Waals surface area contributed by atoms with Gasteiger partial charge in [-0.2, -0.15) is 0 Å². The summed E-state index contributed by atoms with van der Waals surface area (Å²) >= 11 is 0. The van der Waals surface area contributed by atoms with Gasteiger partial charge >= 0.3 is 0 Å². The van der Waals surface area contributed by atoms with Gasteiger partial charge in [0.1, 0.15) is 12.4 Å². The number of hydrogen-bond acceptors (Lipinski definition) is 4. The first-order valence-electron chi connectivity index (χ1n) is 8.94. The monoisotopic (exact) mass is 361 g/mol. The highest BCUT2D eigenvalue weighted by molar-refractivity contribution is 7.91. The fraction of sp³-hybridized carbons (Fsp3) is 0.556. The Balaban J connectivity index is 1.62. The lowest BCUT2D eigenvalue weighted by Crippen LogP contribution is -2.44. The van der Waals surface area contributed by atoms with Crippen LogP contribution < -0.4 is 0 Å². The minimum absolute atomic E-state index is 0.0162. The van der Waals surface area contributed by atoms with Gasteiger partial charge in [0.2, 0.25) is 5.91 Å². The lowest BCUT2D eigenvalue weighted by atomic mass is 10.2. The van der Waals surface area contributed by atoms with E-state index in [2.05, 4.69) is 4.98 Å². The minimum Gasteiger partial charge on any atom is -0.334 e. The normalized spacial score (nSPS) is 22.4. The summed E-state index contributed by atoms with van der Waals surface area (Å²) in [6.45, 7) is 2.27. The summed E-state index contributed by atoms with van der Waals surface area (Å²) in [5, 5.41) is 0. The summed E-state index contributed by atoms with van der Waals surface area (Å²) in [4.78, 5) is 19.6. The Kier molecular flexibility index (Phi) is 4.06. The van der Waals surface area contributed by atoms with E-state index in [1.165, 1.54) is 0 Å². The molecule has 2 heterocycles. The van der Waals surface area contributed by atoms with E-state index in [0.29, 0.717) is 6.42 Å². The maximum absolute atomic E-state index is 13.1. The summed E-state index contributed by atoms with van der Waals surface area (Å²) in [6, 6.07) is 7.89. The van der Waals surface area contributed by atoms with Gasteiger partial charge in [-0.05, 0) is 31.4 Å². The zero-order valence-corrected chi connectivity index (χ0v) is 15.2. The second-order valence-corrected chi connectivity index (χ2v) is 9.27. The zero-order chi connectivity index (χ0) is 17.6. The fourth-order valence-corrected chi connectivity index (χ4v) is 5.55. The molecule has 1 atom stereocenters. The van der Waals surface area contributed by atoms with Crippen LogP contribution in [0.25, 0.3) is 11.0 Å². The lowest BCUT2D eigenvalue weighted by molar-refractivity contribution is -0.134. The van der Waals surface area contributed by atoms with Crippen LogP contribution >= 0.6 is 0 Å². The largest absolute Gasteiger partial charge is 0.334 e. The van der Waals surface area contributed by atoms with Crippen molar-refractivity contribution in [1.29, 1.82) is 0 Å². The average Bonchev–Trinajstić information content (AvgIpc) is 3.25. The molecule has 1 unspecified atom stereocenters. The first-order valence-corrected chi connectivity index (χ1v) is 10.8. The SMILES string of the molecule is CCc1nc2ccccc2n1CC(=O)N(C1CC1)C1CCS(=O)(=O)C1. The fourth-order valence-electron chi connectivity index (χ4n) is 3.84. The lowest BCUT2D eigenvalue weighted by Gasteiger charge is -2.29. The van der Waals surface area contributed by atoms with Crippen molar-refractivity contribution in [2.24, 2.45) is 0 Å². The molecule has 1 aromatic heterocycles. The van der Waals surface area contributed by atoms with E-state index < -0.39 is 9.84 Å². The zero-order valence-electron chi connectivity index (χ0n) is 14.4. The molecule has 0 N–H and O–H groups in total. The van der Waals surface area contributed by atoms with Crippen LogP contribution in [0.2, 0.25) is 0 Å². The predicted molar refractivity (Wildman–Crippen MR) is 96.0 cm³/mol. The number of fused-ring (bicyclic) bond motifs is 1. The Morgan fingerprint density at radius 2 is 2.00 bits per heavy atom. The smallest absolute Gasteiger partial charge is 0.243 e. The molecule has 1 aliphatic carbocycles. The summed E-state index contributed by atoms with van der Waals surface area (Å²) < 4.78 is 25.7. The Morgan fingerprint density at radius 1 is 1.24 bits per heavy atom. The van der Waals surface area contributed by atoms with E-state index >= 15 is 0 Å². The number of benzene rings is 1. The number of aromatic nitrogens is 2. The second-order valence-electron chi connectivity index (χ2n) is 7.05. The molecule has 1 aromatic carbocycles. The number of aryl methyl sites for hydroxylation is 1. The van der Waals surface area contributed by atoms with E-state index in [9.17, 15) is 13.2 Å². The third-order valence-electron chi connectivity index (χ3n) is 5.17. The Hall–Kier alpha value is -1.89. The van der Waals surface area contributed by atoms with Crippen molar-refractivity contribution >= 4 is 26.8 Å². The summed E-state index contributed by atoms with van der Waals surface area (Å²) in [5.74, 6) is 1.22. The highest BCUT2D eigenvalue weighted by Gasteiger charge is 2.42. The number of sulfone groups is 1. The predicted octanol–water partition coefficient (Wildman–Crippen LogP) is 1.78. The van der Waals surface area contributed by atoms with Gasteiger partial charge in [0.15, 0.2) is 9.84 Å². The molecule has 25 heavy (non-hydrogen) atoms. The topological polar surface area (TPSA) is 72.3 Å². The second kappa shape index (κ2) is 6.12. The third kappa shape index (κ3) is 3.17. The standard InChI is InChI=1S/C18H23N3O3S/c1-2-17-19-15-5-3-4-6-16(15)20(17)11-18(22)21(13-7-8-13)14-9-10-25(23,24)12-14/h3-6,13-14H,2,7-12H2,1H3. The number of rotatable bonds is 5. The number of hydrogen-bond donors (Lipinski definition) is 0. The van der Waals surface area contributed by atoms with Crippen molar-refractivity contribution in [3.63, 3.8) is 0 Å². The van der Waals surface area contributed by atoms with Crippen LogP contribution in [0.1, 0.15) is 32.0 Å². The number of carbonyl (C=O) groups is 1. The Morgan fingerprint density at radius 3 is 2.64 bits per heavy atom. The van der Waals surface area contributed by atoms with Crippen LogP contribution in [-0.2, 0) is 27.6 Å². The number of carbonyl (C=O) groups excluding carboxylic acids is 1. The molecule has 1 saturated heterocycles. The van der Waals surface area contributed by atoms with Gasteiger partial charge in [-0.1, -0.05) is 19.1 Å². The number of amides is 1. The van der Waals surface area contributed by atoms with E-state index in [1.54, 1.807) is 0 Å². The molecule has 2 aliphatic rings. The van der Waals surface area contributed by atoms with E-state index in [4.69, 9.17) is 0 Å². The van der Waals surface area contributed by atoms with E-state index in [1.807, 2.05) is 40.7 Å². The van der Waals surface area contributed by atoms with Gasteiger partial charge in [-0.15, -0.1) is 0 Å². The summed E-state index contributed by atoms with van der Waals surface area (Å²) in [5.41, 5.74) is 1.86. The molecule has 0 bridgehead atoms. The average molecular weight is 361 g/mol. The molecule has 6 nitrogen and oxygen atoms in total. The molecule has 1 aliphatic heterocycles. The maximum atomic E-state index is 13.1. The molecule has 2 fully saturated rings. The molecular formula is C18H23N3O3S. The maximum Gasteiger partial charge on any atom is 0.243 e. The highest BCUT2D eigenvalue weighted by Crippen LogP contribution is 2.32. The Labute approximate surface area is 147 Å². The van der Waals surface area contributed by atoms with Crippen molar-refractivity contribution in [3.8, 4) is 0 Å². The molecule has 4 rings (SSSR count). The van der Waals surface area contributed by atoms with Crippen LogP contribution in [0.4, 0.5) is 0 Å². The number of para-hydroxylation sites is 2. The van der Waals surface area contributed by atoms with Crippen LogP contribution in [0.3, 0.4) is 0 Å². The van der Waals surface area contributed by atoms with Gasteiger partial charge in [0.25, 0.3) is 0 Å². The molecule has 134 valence electrons. The van der Waals surface area contributed by atoms with E-state index in [-0.39, 0.29) is 36.0 Å². The molecule has 1 amide bonds.